The summed E-state index contributed by atoms with van der Waals surface area (Å²) >= 11 is 11.5. The zero-order chi connectivity index (χ0) is 36.2. The van der Waals surface area contributed by atoms with Crippen LogP contribution in [-0.4, -0.2) is 91.6 Å². The van der Waals surface area contributed by atoms with Crippen molar-refractivity contribution in [3.63, 3.8) is 0 Å². The average molecular weight is 780 g/mol. The molecule has 2 fully saturated rings. The van der Waals surface area contributed by atoms with Gasteiger partial charge in [-0.3, -0.25) is 19.2 Å². The molecule has 1 atom stereocenters. The first-order valence-corrected chi connectivity index (χ1v) is 20.2. The minimum absolute atomic E-state index is 0.113. The number of halogens is 4. The number of sulfonamides is 2. The summed E-state index contributed by atoms with van der Waals surface area (Å²) < 4.78 is 83.0. The summed E-state index contributed by atoms with van der Waals surface area (Å²) in [5.41, 5.74) is 2.90. The van der Waals surface area contributed by atoms with E-state index in [1.165, 1.54) is 12.1 Å². The Morgan fingerprint density at radius 3 is 1.76 bits per heavy atom. The van der Waals surface area contributed by atoms with Gasteiger partial charge in [0.2, 0.25) is 0 Å². The van der Waals surface area contributed by atoms with Crippen LogP contribution >= 0.6 is 23.2 Å². The van der Waals surface area contributed by atoms with Crippen molar-refractivity contribution in [3.05, 3.63) is 112 Å². The van der Waals surface area contributed by atoms with E-state index < -0.39 is 31.7 Å². The molecule has 2 saturated heterocycles. The maximum Gasteiger partial charge on any atom is 0.261 e. The first-order chi connectivity index (χ1) is 24.4. The Hall–Kier alpha value is -3.50. The van der Waals surface area contributed by atoms with Crippen molar-refractivity contribution in [1.29, 1.82) is 0 Å². The minimum atomic E-state index is -3.92. The van der Waals surface area contributed by atoms with Gasteiger partial charge >= 0.3 is 0 Å². The molecule has 51 heavy (non-hydrogen) atoms. The molecule has 4 aromatic carbocycles. The fourth-order valence-electron chi connectivity index (χ4n) is 6.23. The van der Waals surface area contributed by atoms with Gasteiger partial charge in [0.15, 0.2) is 0 Å². The van der Waals surface area contributed by atoms with Crippen molar-refractivity contribution in [1.82, 2.24) is 15.1 Å². The molecule has 0 aromatic heterocycles. The molecule has 0 spiro atoms. The highest BCUT2D eigenvalue weighted by Crippen LogP contribution is 2.25. The lowest BCUT2D eigenvalue weighted by Gasteiger charge is -2.42. The van der Waals surface area contributed by atoms with Crippen molar-refractivity contribution in [2.45, 2.75) is 22.3 Å². The molecule has 0 bridgehead atoms. The number of benzene rings is 4. The molecule has 6 rings (SSSR count). The van der Waals surface area contributed by atoms with Crippen molar-refractivity contribution in [3.8, 4) is 0 Å². The number of hydrogen-bond acceptors (Lipinski definition) is 8. The molecular weight excluding hydrogens is 741 g/mol. The third-order valence-electron chi connectivity index (χ3n) is 9.09. The largest absolute Gasteiger partial charge is 0.369 e. The second-order valence-corrected chi connectivity index (χ2v) is 16.7. The normalized spacial score (nSPS) is 17.7. The Labute approximate surface area is 307 Å². The van der Waals surface area contributed by atoms with Gasteiger partial charge in [0.05, 0.1) is 19.8 Å². The molecule has 10 nitrogen and oxygen atoms in total. The fraction of sp³-hybridized carbons (Fsp3) is 0.314. The number of anilines is 3. The lowest BCUT2D eigenvalue weighted by molar-refractivity contribution is 0.112. The molecule has 16 heteroatoms. The van der Waals surface area contributed by atoms with Crippen LogP contribution in [-0.2, 0) is 26.5 Å². The van der Waals surface area contributed by atoms with E-state index in [1.807, 2.05) is 24.3 Å². The van der Waals surface area contributed by atoms with E-state index in [4.69, 9.17) is 23.2 Å². The van der Waals surface area contributed by atoms with E-state index in [-0.39, 0.29) is 19.8 Å². The second-order valence-electron chi connectivity index (χ2n) is 12.5. The molecular formula is C35H38Cl2F2N6O4S2. The van der Waals surface area contributed by atoms with Crippen LogP contribution < -0.4 is 19.7 Å². The predicted molar refractivity (Wildman–Crippen MR) is 198 cm³/mol. The monoisotopic (exact) mass is 778 g/mol. The Bertz CT molecular complexity index is 2050. The molecule has 1 unspecified atom stereocenters. The summed E-state index contributed by atoms with van der Waals surface area (Å²) in [4.78, 5) is 7.04. The van der Waals surface area contributed by atoms with Crippen LogP contribution in [0.25, 0.3) is 0 Å². The fourth-order valence-corrected chi connectivity index (χ4v) is 8.89. The predicted octanol–water partition coefficient (Wildman–Crippen LogP) is 5.51. The Morgan fingerprint density at radius 2 is 1.24 bits per heavy atom. The number of nitrogens with one attached hydrogen (secondary N) is 3. The second kappa shape index (κ2) is 16.0. The van der Waals surface area contributed by atoms with Gasteiger partial charge in [-0.1, -0.05) is 35.3 Å². The van der Waals surface area contributed by atoms with Crippen LogP contribution in [0.1, 0.15) is 5.56 Å². The SMILES string of the molecule is O=S(=O)(Nc1ccc(CCN2CCNCC2CN2CCN(c3ccc(NS(=O)(=O)c4ccc(F)c(Cl)c4)cc3)CC2)cc1)c1ccc(F)c(Cl)c1. The van der Waals surface area contributed by atoms with Gasteiger partial charge in [-0.15, -0.1) is 0 Å². The smallest absolute Gasteiger partial charge is 0.261 e. The third-order valence-corrected chi connectivity index (χ3v) is 12.4. The number of piperazine rings is 2. The molecule has 0 saturated carbocycles. The van der Waals surface area contributed by atoms with Crippen molar-refractivity contribution < 1.29 is 25.6 Å². The number of hydrogen-bond donors (Lipinski definition) is 3. The highest BCUT2D eigenvalue weighted by Gasteiger charge is 2.27. The highest BCUT2D eigenvalue weighted by atomic mass is 35.5. The molecule has 2 aliphatic heterocycles. The van der Waals surface area contributed by atoms with Gasteiger partial charge in [0.25, 0.3) is 20.0 Å². The molecule has 0 radical (unpaired) electrons. The Morgan fingerprint density at radius 1 is 0.706 bits per heavy atom. The van der Waals surface area contributed by atoms with Crippen molar-refractivity contribution in [2.75, 3.05) is 73.2 Å². The molecule has 0 aliphatic carbocycles. The maximum absolute atomic E-state index is 13.5. The lowest BCUT2D eigenvalue weighted by atomic mass is 10.1. The molecule has 3 N–H and O–H groups in total. The molecule has 0 amide bonds. The lowest BCUT2D eigenvalue weighted by Crippen LogP contribution is -2.58. The molecule has 272 valence electrons. The van der Waals surface area contributed by atoms with Crippen LogP contribution in [0.2, 0.25) is 10.0 Å². The van der Waals surface area contributed by atoms with E-state index in [9.17, 15) is 25.6 Å². The topological polar surface area (TPSA) is 114 Å². The zero-order valence-electron chi connectivity index (χ0n) is 27.5. The first-order valence-electron chi connectivity index (χ1n) is 16.4. The Balaban J connectivity index is 0.970. The first kappa shape index (κ1) is 37.3. The van der Waals surface area contributed by atoms with Crippen LogP contribution in [0.3, 0.4) is 0 Å². The summed E-state index contributed by atoms with van der Waals surface area (Å²) in [7, 11) is -7.83. The van der Waals surface area contributed by atoms with E-state index >= 15 is 0 Å². The minimum Gasteiger partial charge on any atom is -0.369 e. The third kappa shape index (κ3) is 9.49. The highest BCUT2D eigenvalue weighted by molar-refractivity contribution is 7.93. The van der Waals surface area contributed by atoms with Crippen molar-refractivity contribution in [2.24, 2.45) is 0 Å². The molecule has 2 heterocycles. The van der Waals surface area contributed by atoms with Crippen LogP contribution in [0.4, 0.5) is 25.8 Å². The summed E-state index contributed by atoms with van der Waals surface area (Å²) in [6.07, 6.45) is 0.814. The molecule has 2 aliphatic rings. The maximum atomic E-state index is 13.5. The quantitative estimate of drug-likeness (QED) is 0.173. The summed E-state index contributed by atoms with van der Waals surface area (Å²) in [6, 6.07) is 21.4. The van der Waals surface area contributed by atoms with E-state index in [1.54, 1.807) is 24.3 Å². The zero-order valence-corrected chi connectivity index (χ0v) is 30.7. The van der Waals surface area contributed by atoms with E-state index in [0.29, 0.717) is 17.4 Å². The molecule has 4 aromatic rings. The van der Waals surface area contributed by atoms with Crippen LogP contribution in [0.15, 0.2) is 94.7 Å². The van der Waals surface area contributed by atoms with Crippen molar-refractivity contribution >= 4 is 60.3 Å². The van der Waals surface area contributed by atoms with Gasteiger partial charge < -0.3 is 10.2 Å². The number of nitrogens with zero attached hydrogens (tertiary/aromatic N) is 3. The van der Waals surface area contributed by atoms with Gasteiger partial charge in [-0.05, 0) is 84.8 Å². The summed E-state index contributed by atoms with van der Waals surface area (Å²) in [6.45, 7) is 8.02. The number of rotatable bonds is 12. The van der Waals surface area contributed by atoms with Gasteiger partial charge in [-0.2, -0.15) is 0 Å². The summed E-state index contributed by atoms with van der Waals surface area (Å²) in [5.74, 6) is -1.37. The standard InChI is InChI=1S/C35H38Cl2F2N6O4S2/c36-32-21-30(9-11-34(32)38)50(46,47)41-26-3-1-25(2-4-26)13-15-44-16-14-40-23-29(44)24-43-17-19-45(20-18-43)28-7-5-27(6-8-28)42-51(48,49)31-10-12-35(39)33(37)22-31/h1-12,21-22,29,40-42H,13-20,23-24H2. The van der Waals surface area contributed by atoms with E-state index in [2.05, 4.69) is 29.5 Å². The van der Waals surface area contributed by atoms with Gasteiger partial charge in [-0.25, -0.2) is 25.6 Å². The van der Waals surface area contributed by atoms with E-state index in [0.717, 1.165) is 101 Å². The average Bonchev–Trinajstić information content (AvgIpc) is 3.11. The van der Waals surface area contributed by atoms with Gasteiger partial charge in [0.1, 0.15) is 11.6 Å². The Kier molecular flexibility index (Phi) is 11.7. The van der Waals surface area contributed by atoms with Crippen LogP contribution in [0.5, 0.6) is 0 Å². The van der Waals surface area contributed by atoms with Crippen LogP contribution in [0, 0.1) is 11.6 Å². The summed E-state index contributed by atoms with van der Waals surface area (Å²) in [5, 5.41) is 3.01. The van der Waals surface area contributed by atoms with Gasteiger partial charge in [0, 0.05) is 82.0 Å².